The number of nitrogens with one attached hydrogen (secondary N) is 1. The molecule has 0 radical (unpaired) electrons. The number of hydrogen-bond donors (Lipinski definition) is 2. The first-order valence-electron chi connectivity index (χ1n) is 2.92. The quantitative estimate of drug-likeness (QED) is 0.433. The Balaban J connectivity index is 4.57. The summed E-state index contributed by atoms with van der Waals surface area (Å²) >= 11 is 0. The molecule has 2 nitrogen and oxygen atoms in total. The fraction of sp³-hybridized carbons (Fsp3) is 0.833. The maximum Gasteiger partial charge on any atom is 0.308 e. The van der Waals surface area contributed by atoms with Crippen molar-refractivity contribution in [2.24, 2.45) is 11.1 Å². The highest BCUT2D eigenvalue weighted by Gasteiger charge is 2.46. The van der Waals surface area contributed by atoms with Gasteiger partial charge >= 0.3 is 5.92 Å². The van der Waals surface area contributed by atoms with E-state index in [2.05, 4.69) is 5.73 Å². The predicted octanol–water partition coefficient (Wildman–Crippen LogP) is 1.60. The highest BCUT2D eigenvalue weighted by atomic mass is 19.3. The third-order valence-electron chi connectivity index (χ3n) is 1.28. The molecule has 60 valence electrons. The van der Waals surface area contributed by atoms with Gasteiger partial charge in [-0.05, 0) is 0 Å². The van der Waals surface area contributed by atoms with Crippen LogP contribution in [0.2, 0.25) is 0 Å². The monoisotopic (exact) mass is 150 g/mol. The highest BCUT2D eigenvalue weighted by molar-refractivity contribution is 5.85. The maximum atomic E-state index is 12.7. The lowest BCUT2D eigenvalue weighted by molar-refractivity contribution is -0.0317. The van der Waals surface area contributed by atoms with Gasteiger partial charge in [0.25, 0.3) is 0 Å². The van der Waals surface area contributed by atoms with Gasteiger partial charge < -0.3 is 5.73 Å². The molecule has 0 bridgehead atoms. The molecule has 0 amide bonds. The van der Waals surface area contributed by atoms with E-state index in [1.54, 1.807) is 0 Å². The van der Waals surface area contributed by atoms with Gasteiger partial charge in [-0.25, -0.2) is 0 Å². The fourth-order valence-corrected chi connectivity index (χ4v) is 0.404. The predicted molar refractivity (Wildman–Crippen MR) is 36.3 cm³/mol. The first-order valence-corrected chi connectivity index (χ1v) is 2.92. The van der Waals surface area contributed by atoms with Crippen molar-refractivity contribution in [1.29, 1.82) is 5.41 Å². The lowest BCUT2D eigenvalue weighted by Crippen LogP contribution is -2.45. The summed E-state index contributed by atoms with van der Waals surface area (Å²) < 4.78 is 25.4. The molecule has 0 saturated heterocycles. The molecular weight excluding hydrogens is 138 g/mol. The third-order valence-corrected chi connectivity index (χ3v) is 1.28. The van der Waals surface area contributed by atoms with Crippen molar-refractivity contribution < 1.29 is 8.78 Å². The van der Waals surface area contributed by atoms with Crippen LogP contribution >= 0.6 is 0 Å². The smallest absolute Gasteiger partial charge is 0.308 e. The van der Waals surface area contributed by atoms with E-state index in [-0.39, 0.29) is 0 Å². The number of rotatable bonds is 1. The molecule has 0 aliphatic heterocycles. The zero-order valence-electron chi connectivity index (χ0n) is 6.33. The normalized spacial score (nSPS) is 13.3. The number of halogens is 2. The number of alkyl halides is 2. The Bertz CT molecular complexity index is 146. The van der Waals surface area contributed by atoms with Crippen LogP contribution in [0.1, 0.15) is 20.8 Å². The second kappa shape index (κ2) is 2.18. The maximum absolute atomic E-state index is 12.7. The molecule has 0 saturated carbocycles. The van der Waals surface area contributed by atoms with Crippen LogP contribution < -0.4 is 5.73 Å². The molecule has 0 fully saturated rings. The van der Waals surface area contributed by atoms with Crippen LogP contribution in [0.15, 0.2) is 0 Å². The van der Waals surface area contributed by atoms with E-state index < -0.39 is 17.2 Å². The first kappa shape index (κ1) is 9.33. The van der Waals surface area contributed by atoms with Crippen molar-refractivity contribution in [3.05, 3.63) is 0 Å². The van der Waals surface area contributed by atoms with Crippen molar-refractivity contribution in [1.82, 2.24) is 0 Å². The summed E-state index contributed by atoms with van der Waals surface area (Å²) in [4.78, 5) is 0. The molecule has 0 aromatic heterocycles. The molecule has 0 aromatic carbocycles. The van der Waals surface area contributed by atoms with Crippen LogP contribution in [0, 0.1) is 10.8 Å². The molecular formula is C6H12F2N2. The summed E-state index contributed by atoms with van der Waals surface area (Å²) in [5.74, 6) is -4.27. The van der Waals surface area contributed by atoms with Gasteiger partial charge in [0.15, 0.2) is 5.84 Å². The lowest BCUT2D eigenvalue weighted by atomic mass is 9.87. The van der Waals surface area contributed by atoms with Gasteiger partial charge in [0.2, 0.25) is 0 Å². The molecule has 0 heterocycles. The Morgan fingerprint density at radius 1 is 1.30 bits per heavy atom. The van der Waals surface area contributed by atoms with E-state index in [0.717, 1.165) is 0 Å². The third kappa shape index (κ3) is 1.43. The second-order valence-corrected chi connectivity index (χ2v) is 3.24. The summed E-state index contributed by atoms with van der Waals surface area (Å²) in [7, 11) is 0. The summed E-state index contributed by atoms with van der Waals surface area (Å²) in [6.45, 7) is 4.03. The van der Waals surface area contributed by atoms with Crippen LogP contribution in [0.3, 0.4) is 0 Å². The largest absolute Gasteiger partial charge is 0.383 e. The molecule has 4 heteroatoms. The molecule has 10 heavy (non-hydrogen) atoms. The van der Waals surface area contributed by atoms with E-state index in [0.29, 0.717) is 0 Å². The van der Waals surface area contributed by atoms with Gasteiger partial charge in [-0.15, -0.1) is 0 Å². The molecule has 0 aliphatic rings. The molecule has 0 spiro atoms. The Morgan fingerprint density at radius 2 is 1.60 bits per heavy atom. The van der Waals surface area contributed by atoms with E-state index in [1.165, 1.54) is 20.8 Å². The van der Waals surface area contributed by atoms with Gasteiger partial charge in [-0.2, -0.15) is 8.78 Å². The van der Waals surface area contributed by atoms with Crippen LogP contribution in [-0.2, 0) is 0 Å². The van der Waals surface area contributed by atoms with Gasteiger partial charge in [0.05, 0.1) is 0 Å². The van der Waals surface area contributed by atoms with Crippen molar-refractivity contribution in [3.63, 3.8) is 0 Å². The SMILES string of the molecule is CC(C)(C)C(F)(F)C(=N)N. The van der Waals surface area contributed by atoms with Crippen LogP contribution in [0.4, 0.5) is 8.78 Å². The Labute approximate surface area is 58.9 Å². The van der Waals surface area contributed by atoms with E-state index >= 15 is 0 Å². The van der Waals surface area contributed by atoms with E-state index in [9.17, 15) is 8.78 Å². The van der Waals surface area contributed by atoms with Crippen molar-refractivity contribution >= 4 is 5.84 Å². The molecule has 0 aromatic rings. The number of nitrogens with two attached hydrogens (primary N) is 1. The number of hydrogen-bond acceptors (Lipinski definition) is 1. The zero-order valence-corrected chi connectivity index (χ0v) is 6.33. The minimum Gasteiger partial charge on any atom is -0.383 e. The average Bonchev–Trinajstić information content (AvgIpc) is 1.62. The number of amidine groups is 1. The van der Waals surface area contributed by atoms with E-state index in [4.69, 9.17) is 5.41 Å². The Hall–Kier alpha value is -0.670. The zero-order chi connectivity index (χ0) is 8.58. The summed E-state index contributed by atoms with van der Waals surface area (Å²) in [5, 5.41) is 6.58. The van der Waals surface area contributed by atoms with Gasteiger partial charge in [-0.3, -0.25) is 5.41 Å². The molecule has 0 rings (SSSR count). The average molecular weight is 150 g/mol. The Kier molecular flexibility index (Phi) is 2.03. The first-order chi connectivity index (χ1) is 4.19. The van der Waals surface area contributed by atoms with Crippen molar-refractivity contribution in [2.45, 2.75) is 26.7 Å². The van der Waals surface area contributed by atoms with Crippen LogP contribution in [0.25, 0.3) is 0 Å². The molecule has 0 aliphatic carbocycles. The Morgan fingerprint density at radius 3 is 1.60 bits per heavy atom. The topological polar surface area (TPSA) is 49.9 Å². The molecule has 0 unspecified atom stereocenters. The summed E-state index contributed by atoms with van der Waals surface area (Å²) in [6.07, 6.45) is 0. The fourth-order valence-electron chi connectivity index (χ4n) is 0.404. The van der Waals surface area contributed by atoms with Gasteiger partial charge in [0, 0.05) is 5.41 Å². The standard InChI is InChI=1S/C6H12F2N2/c1-5(2,3)6(7,8)4(9)10/h1-3H3,(H3,9,10). The van der Waals surface area contributed by atoms with Crippen LogP contribution in [0.5, 0.6) is 0 Å². The van der Waals surface area contributed by atoms with E-state index in [1.807, 2.05) is 0 Å². The minimum absolute atomic E-state index is 1.07. The van der Waals surface area contributed by atoms with Crippen molar-refractivity contribution in [2.75, 3.05) is 0 Å². The lowest BCUT2D eigenvalue weighted by Gasteiger charge is -2.28. The second-order valence-electron chi connectivity index (χ2n) is 3.24. The highest BCUT2D eigenvalue weighted by Crippen LogP contribution is 2.34. The van der Waals surface area contributed by atoms with Gasteiger partial charge in [-0.1, -0.05) is 20.8 Å². The summed E-state index contributed by atoms with van der Waals surface area (Å²) in [5.41, 5.74) is 3.42. The van der Waals surface area contributed by atoms with Crippen LogP contribution in [-0.4, -0.2) is 11.8 Å². The molecule has 3 N–H and O–H groups in total. The van der Waals surface area contributed by atoms with Crippen molar-refractivity contribution in [3.8, 4) is 0 Å². The van der Waals surface area contributed by atoms with Gasteiger partial charge in [0.1, 0.15) is 0 Å². The minimum atomic E-state index is -3.20. The summed E-state index contributed by atoms with van der Waals surface area (Å²) in [6, 6.07) is 0. The molecule has 0 atom stereocenters.